The summed E-state index contributed by atoms with van der Waals surface area (Å²) in [6.45, 7) is 8.63. The lowest BCUT2D eigenvalue weighted by molar-refractivity contribution is -0.134. The van der Waals surface area contributed by atoms with Gasteiger partial charge in [0.25, 0.3) is 0 Å². The Labute approximate surface area is 86.7 Å². The average molecular weight is 199 g/mol. The predicted molar refractivity (Wildman–Crippen MR) is 57.8 cm³/mol. The van der Waals surface area contributed by atoms with Crippen LogP contribution in [0, 0.1) is 5.41 Å². The molecule has 0 saturated carbocycles. The first-order valence-corrected chi connectivity index (χ1v) is 4.77. The largest absolute Gasteiger partial charge is 0.466 e. The smallest absolute Gasteiger partial charge is 0.331 e. The quantitative estimate of drug-likeness (QED) is 0.514. The maximum atomic E-state index is 10.9. The molecule has 14 heavy (non-hydrogen) atoms. The van der Waals surface area contributed by atoms with Gasteiger partial charge in [-0.05, 0) is 12.3 Å². The van der Waals surface area contributed by atoms with Gasteiger partial charge < -0.3 is 9.64 Å². The summed E-state index contributed by atoms with van der Waals surface area (Å²) in [6.07, 6.45) is 3.18. The summed E-state index contributed by atoms with van der Waals surface area (Å²) in [7, 11) is 3.33. The molecule has 0 fully saturated rings. The maximum Gasteiger partial charge on any atom is 0.331 e. The second-order valence-corrected chi connectivity index (χ2v) is 4.55. The van der Waals surface area contributed by atoms with Crippen molar-refractivity contribution < 1.29 is 9.53 Å². The van der Waals surface area contributed by atoms with E-state index in [1.165, 1.54) is 13.2 Å². The van der Waals surface area contributed by atoms with E-state index >= 15 is 0 Å². The zero-order chi connectivity index (χ0) is 11.4. The van der Waals surface area contributed by atoms with Crippen LogP contribution in [0.25, 0.3) is 0 Å². The van der Waals surface area contributed by atoms with Gasteiger partial charge in [-0.15, -0.1) is 0 Å². The first-order chi connectivity index (χ1) is 6.29. The van der Waals surface area contributed by atoms with Crippen molar-refractivity contribution in [3.8, 4) is 0 Å². The zero-order valence-corrected chi connectivity index (χ0v) is 10.00. The molecule has 0 rings (SSSR count). The van der Waals surface area contributed by atoms with E-state index in [1.807, 2.05) is 11.9 Å². The molecule has 1 atom stereocenters. The van der Waals surface area contributed by atoms with Crippen molar-refractivity contribution >= 4 is 5.97 Å². The fourth-order valence-electron chi connectivity index (χ4n) is 0.986. The first kappa shape index (κ1) is 13.0. The van der Waals surface area contributed by atoms with Crippen LogP contribution >= 0.6 is 0 Å². The number of carbonyl (C=O) groups is 1. The highest BCUT2D eigenvalue weighted by molar-refractivity contribution is 5.81. The minimum Gasteiger partial charge on any atom is -0.466 e. The molecular weight excluding hydrogens is 178 g/mol. The third kappa shape index (κ3) is 4.30. The van der Waals surface area contributed by atoms with Crippen LogP contribution in [0.15, 0.2) is 12.3 Å². The van der Waals surface area contributed by atoms with Crippen LogP contribution in [0.4, 0.5) is 0 Å². The molecule has 0 aliphatic rings. The van der Waals surface area contributed by atoms with Gasteiger partial charge in [-0.25, -0.2) is 4.79 Å². The Morgan fingerprint density at radius 1 is 1.43 bits per heavy atom. The summed E-state index contributed by atoms with van der Waals surface area (Å²) in [5.41, 5.74) is 0.190. The van der Waals surface area contributed by atoms with Gasteiger partial charge in [0.2, 0.25) is 0 Å². The SMILES string of the molecule is COC(=O)C=CN(C)C(C)C(C)(C)C. The number of esters is 1. The van der Waals surface area contributed by atoms with Crippen LogP contribution in [0.3, 0.4) is 0 Å². The van der Waals surface area contributed by atoms with Gasteiger partial charge in [-0.1, -0.05) is 20.8 Å². The monoisotopic (exact) mass is 199 g/mol. The molecule has 0 heterocycles. The lowest BCUT2D eigenvalue weighted by Gasteiger charge is -2.34. The Kier molecular flexibility index (Phi) is 4.68. The molecule has 1 unspecified atom stereocenters. The molecule has 0 radical (unpaired) electrons. The third-order valence-electron chi connectivity index (χ3n) is 2.51. The van der Waals surface area contributed by atoms with Gasteiger partial charge in [-0.3, -0.25) is 0 Å². The Bertz CT molecular complexity index is 216. The summed E-state index contributed by atoms with van der Waals surface area (Å²) >= 11 is 0. The summed E-state index contributed by atoms with van der Waals surface area (Å²) in [5.74, 6) is -0.321. The van der Waals surface area contributed by atoms with Crippen LogP contribution in [0.1, 0.15) is 27.7 Å². The minimum absolute atomic E-state index is 0.190. The second kappa shape index (κ2) is 5.03. The number of nitrogens with zero attached hydrogens (tertiary/aromatic N) is 1. The van der Waals surface area contributed by atoms with E-state index in [0.717, 1.165) is 0 Å². The van der Waals surface area contributed by atoms with E-state index in [0.29, 0.717) is 6.04 Å². The molecule has 0 aromatic carbocycles. The molecule has 0 bridgehead atoms. The second-order valence-electron chi connectivity index (χ2n) is 4.55. The van der Waals surface area contributed by atoms with E-state index in [4.69, 9.17) is 0 Å². The molecule has 3 heteroatoms. The third-order valence-corrected chi connectivity index (χ3v) is 2.51. The van der Waals surface area contributed by atoms with Gasteiger partial charge in [-0.2, -0.15) is 0 Å². The zero-order valence-electron chi connectivity index (χ0n) is 10.00. The fraction of sp³-hybridized carbons (Fsp3) is 0.727. The van der Waals surface area contributed by atoms with Crippen LogP contribution in [0.2, 0.25) is 0 Å². The van der Waals surface area contributed by atoms with E-state index in [1.54, 1.807) is 6.20 Å². The molecular formula is C11H21NO2. The first-order valence-electron chi connectivity index (χ1n) is 4.77. The lowest BCUT2D eigenvalue weighted by Crippen LogP contribution is -2.36. The summed E-state index contributed by atoms with van der Waals surface area (Å²) in [6, 6.07) is 0.364. The highest BCUT2D eigenvalue weighted by Crippen LogP contribution is 2.22. The maximum absolute atomic E-state index is 10.9. The van der Waals surface area contributed by atoms with Crippen LogP contribution < -0.4 is 0 Å². The van der Waals surface area contributed by atoms with Gasteiger partial charge >= 0.3 is 5.97 Å². The van der Waals surface area contributed by atoms with E-state index in [2.05, 4.69) is 32.4 Å². The summed E-state index contributed by atoms with van der Waals surface area (Å²) < 4.78 is 4.51. The molecule has 0 saturated heterocycles. The van der Waals surface area contributed by atoms with Gasteiger partial charge in [0.05, 0.1) is 7.11 Å². The molecule has 0 amide bonds. The average Bonchev–Trinajstić information content (AvgIpc) is 2.10. The minimum atomic E-state index is -0.321. The van der Waals surface area contributed by atoms with Gasteiger partial charge in [0, 0.05) is 25.4 Å². The van der Waals surface area contributed by atoms with Crippen LogP contribution in [0.5, 0.6) is 0 Å². The van der Waals surface area contributed by atoms with Crippen molar-refractivity contribution in [1.82, 2.24) is 4.90 Å². The molecule has 0 aliphatic heterocycles. The summed E-state index contributed by atoms with van der Waals surface area (Å²) in [4.78, 5) is 12.9. The summed E-state index contributed by atoms with van der Waals surface area (Å²) in [5, 5.41) is 0. The molecule has 82 valence electrons. The Balaban J connectivity index is 4.28. The van der Waals surface area contributed by atoms with E-state index < -0.39 is 0 Å². The molecule has 0 N–H and O–H groups in total. The molecule has 3 nitrogen and oxygen atoms in total. The lowest BCUT2D eigenvalue weighted by atomic mass is 9.87. The van der Waals surface area contributed by atoms with Crippen molar-refractivity contribution in [1.29, 1.82) is 0 Å². The number of hydrogen-bond acceptors (Lipinski definition) is 3. The molecule has 0 aromatic heterocycles. The Morgan fingerprint density at radius 2 is 1.93 bits per heavy atom. The van der Waals surface area contributed by atoms with Crippen molar-refractivity contribution in [2.45, 2.75) is 33.7 Å². The highest BCUT2D eigenvalue weighted by Gasteiger charge is 2.21. The van der Waals surface area contributed by atoms with Crippen molar-refractivity contribution in [2.75, 3.05) is 14.2 Å². The van der Waals surface area contributed by atoms with Gasteiger partial charge in [0.15, 0.2) is 0 Å². The fourth-order valence-corrected chi connectivity index (χ4v) is 0.986. The predicted octanol–water partition coefficient (Wildman–Crippen LogP) is 2.04. The Hall–Kier alpha value is -0.990. The number of hydrogen-bond donors (Lipinski definition) is 0. The topological polar surface area (TPSA) is 29.5 Å². The van der Waals surface area contributed by atoms with E-state index in [9.17, 15) is 4.79 Å². The number of rotatable bonds is 3. The number of methoxy groups -OCH3 is 1. The van der Waals surface area contributed by atoms with Crippen LogP contribution in [-0.2, 0) is 9.53 Å². The van der Waals surface area contributed by atoms with Crippen molar-refractivity contribution in [3.63, 3.8) is 0 Å². The Morgan fingerprint density at radius 3 is 2.29 bits per heavy atom. The van der Waals surface area contributed by atoms with Crippen LogP contribution in [-0.4, -0.2) is 31.1 Å². The van der Waals surface area contributed by atoms with Gasteiger partial charge in [0.1, 0.15) is 0 Å². The standard InChI is InChI=1S/C11H21NO2/c1-9(11(2,3)4)12(5)8-7-10(13)14-6/h7-9H,1-6H3. The molecule has 0 aliphatic carbocycles. The highest BCUT2D eigenvalue weighted by atomic mass is 16.5. The van der Waals surface area contributed by atoms with Crippen molar-refractivity contribution in [2.24, 2.45) is 5.41 Å². The normalized spacial score (nSPS) is 14.1. The van der Waals surface area contributed by atoms with E-state index in [-0.39, 0.29) is 11.4 Å². The molecule has 0 spiro atoms. The number of ether oxygens (including phenoxy) is 1. The number of carbonyl (C=O) groups excluding carboxylic acids is 1. The van der Waals surface area contributed by atoms with Crippen molar-refractivity contribution in [3.05, 3.63) is 12.3 Å². The molecule has 0 aromatic rings.